The Kier molecular flexibility index (Phi) is 7.09. The highest BCUT2D eigenvalue weighted by molar-refractivity contribution is 6.31. The third-order valence-corrected chi connectivity index (χ3v) is 6.72. The van der Waals surface area contributed by atoms with Crippen molar-refractivity contribution in [3.8, 4) is 11.5 Å². The minimum atomic E-state index is -1.05. The van der Waals surface area contributed by atoms with Gasteiger partial charge >= 0.3 is 0 Å². The zero-order valence-electron chi connectivity index (χ0n) is 19.6. The summed E-state index contributed by atoms with van der Waals surface area (Å²) in [7, 11) is 0. The van der Waals surface area contributed by atoms with Crippen LogP contribution >= 0.6 is 11.6 Å². The molecule has 5 rings (SSSR count). The Balaban J connectivity index is 1.60. The van der Waals surface area contributed by atoms with E-state index in [1.807, 2.05) is 0 Å². The SMILES string of the molecule is O=C(NC1CCCC1)C(c1ccc(F)cc1)N(C(=O)c1ccc2c(c1)OCCO2)c1cccc(Cl)c1. The first-order valence-electron chi connectivity index (χ1n) is 12.0. The van der Waals surface area contributed by atoms with Gasteiger partial charge in [-0.2, -0.15) is 0 Å². The van der Waals surface area contributed by atoms with E-state index in [0.29, 0.717) is 46.5 Å². The average Bonchev–Trinajstić information content (AvgIpc) is 3.40. The van der Waals surface area contributed by atoms with Crippen LogP contribution in [0.25, 0.3) is 0 Å². The van der Waals surface area contributed by atoms with E-state index in [1.54, 1.807) is 42.5 Å². The lowest BCUT2D eigenvalue weighted by Crippen LogP contribution is -2.46. The van der Waals surface area contributed by atoms with Crippen LogP contribution in [0.1, 0.15) is 47.6 Å². The summed E-state index contributed by atoms with van der Waals surface area (Å²) in [5.41, 5.74) is 1.25. The Hall–Kier alpha value is -3.58. The number of hydrogen-bond acceptors (Lipinski definition) is 4. The first kappa shape index (κ1) is 24.1. The summed E-state index contributed by atoms with van der Waals surface area (Å²) in [6.45, 7) is 0.813. The molecule has 0 radical (unpaired) electrons. The molecule has 6 nitrogen and oxygen atoms in total. The fourth-order valence-corrected chi connectivity index (χ4v) is 4.92. The molecule has 0 saturated heterocycles. The number of carbonyl (C=O) groups excluding carboxylic acids is 2. The van der Waals surface area contributed by atoms with Crippen LogP contribution in [0.15, 0.2) is 66.7 Å². The van der Waals surface area contributed by atoms with E-state index in [9.17, 15) is 14.0 Å². The van der Waals surface area contributed by atoms with Crippen molar-refractivity contribution in [3.05, 3.63) is 88.7 Å². The van der Waals surface area contributed by atoms with Crippen LogP contribution in [0.2, 0.25) is 5.02 Å². The number of carbonyl (C=O) groups is 2. The summed E-state index contributed by atoms with van der Waals surface area (Å²) < 4.78 is 25.1. The molecule has 1 aliphatic heterocycles. The molecule has 0 aromatic heterocycles. The van der Waals surface area contributed by atoms with Crippen molar-refractivity contribution in [3.63, 3.8) is 0 Å². The van der Waals surface area contributed by atoms with Crippen molar-refractivity contribution >= 4 is 29.1 Å². The van der Waals surface area contributed by atoms with Crippen LogP contribution in [0.5, 0.6) is 11.5 Å². The third kappa shape index (κ3) is 5.16. The number of hydrogen-bond donors (Lipinski definition) is 1. The largest absolute Gasteiger partial charge is 0.486 e. The second kappa shape index (κ2) is 10.6. The molecule has 8 heteroatoms. The second-order valence-corrected chi connectivity index (χ2v) is 9.39. The first-order chi connectivity index (χ1) is 17.5. The number of anilines is 1. The molecule has 1 N–H and O–H groups in total. The minimum absolute atomic E-state index is 0.0334. The van der Waals surface area contributed by atoms with E-state index < -0.39 is 17.8 Å². The Morgan fingerprint density at radius 2 is 1.67 bits per heavy atom. The summed E-state index contributed by atoms with van der Waals surface area (Å²) >= 11 is 6.30. The van der Waals surface area contributed by atoms with Gasteiger partial charge in [-0.05, 0) is 66.9 Å². The summed E-state index contributed by atoms with van der Waals surface area (Å²) in [4.78, 5) is 29.3. The number of nitrogens with zero attached hydrogens (tertiary/aromatic N) is 1. The summed E-state index contributed by atoms with van der Waals surface area (Å²) in [6, 6.07) is 16.3. The maximum absolute atomic E-state index is 14.1. The predicted octanol–water partition coefficient (Wildman–Crippen LogP) is 5.70. The van der Waals surface area contributed by atoms with Gasteiger partial charge in [-0.15, -0.1) is 0 Å². The van der Waals surface area contributed by atoms with Gasteiger partial charge in [-0.3, -0.25) is 14.5 Å². The Bertz CT molecular complexity index is 1260. The van der Waals surface area contributed by atoms with Gasteiger partial charge in [0, 0.05) is 22.3 Å². The molecule has 1 saturated carbocycles. The fourth-order valence-electron chi connectivity index (χ4n) is 4.74. The molecule has 186 valence electrons. The molecule has 2 aliphatic rings. The maximum Gasteiger partial charge on any atom is 0.259 e. The average molecular weight is 509 g/mol. The highest BCUT2D eigenvalue weighted by Gasteiger charge is 2.35. The van der Waals surface area contributed by atoms with Crippen molar-refractivity contribution in [2.45, 2.75) is 37.8 Å². The quantitative estimate of drug-likeness (QED) is 0.464. The van der Waals surface area contributed by atoms with E-state index >= 15 is 0 Å². The van der Waals surface area contributed by atoms with E-state index in [2.05, 4.69) is 5.32 Å². The van der Waals surface area contributed by atoms with Gasteiger partial charge in [0.15, 0.2) is 11.5 Å². The first-order valence-corrected chi connectivity index (χ1v) is 12.4. The van der Waals surface area contributed by atoms with Crippen LogP contribution in [0, 0.1) is 5.82 Å². The Morgan fingerprint density at radius 1 is 0.944 bits per heavy atom. The number of nitrogens with one attached hydrogen (secondary N) is 1. The summed E-state index contributed by atoms with van der Waals surface area (Å²) in [5, 5.41) is 3.53. The van der Waals surface area contributed by atoms with Crippen molar-refractivity contribution in [2.75, 3.05) is 18.1 Å². The number of ether oxygens (including phenoxy) is 2. The molecule has 3 aromatic rings. The van der Waals surface area contributed by atoms with Crippen molar-refractivity contribution in [1.29, 1.82) is 0 Å². The fraction of sp³-hybridized carbons (Fsp3) is 0.286. The summed E-state index contributed by atoms with van der Waals surface area (Å²) in [6.07, 6.45) is 3.85. The molecule has 1 unspecified atom stereocenters. The van der Waals surface area contributed by atoms with Gasteiger partial charge in [0.25, 0.3) is 5.91 Å². The smallest absolute Gasteiger partial charge is 0.259 e. The third-order valence-electron chi connectivity index (χ3n) is 6.49. The lowest BCUT2D eigenvalue weighted by molar-refractivity contribution is -0.123. The van der Waals surface area contributed by atoms with Gasteiger partial charge in [0.2, 0.25) is 5.91 Å². The highest BCUT2D eigenvalue weighted by atomic mass is 35.5. The monoisotopic (exact) mass is 508 g/mol. The second-order valence-electron chi connectivity index (χ2n) is 8.96. The van der Waals surface area contributed by atoms with E-state index in [-0.39, 0.29) is 11.9 Å². The van der Waals surface area contributed by atoms with Gasteiger partial charge in [-0.25, -0.2) is 4.39 Å². The topological polar surface area (TPSA) is 67.9 Å². The van der Waals surface area contributed by atoms with Crippen LogP contribution in [0.4, 0.5) is 10.1 Å². The standard InChI is InChI=1S/C28H26ClFN2O4/c29-20-4-3-7-23(17-20)32(28(34)19-10-13-24-25(16-19)36-15-14-35-24)26(18-8-11-21(30)12-9-18)27(33)31-22-5-1-2-6-22/h3-4,7-13,16-17,22,26H,1-2,5-6,14-15H2,(H,31,33). The molecule has 36 heavy (non-hydrogen) atoms. The van der Waals surface area contributed by atoms with Gasteiger partial charge in [0.05, 0.1) is 0 Å². The Morgan fingerprint density at radius 3 is 2.39 bits per heavy atom. The summed E-state index contributed by atoms with van der Waals surface area (Å²) in [5.74, 6) is -0.168. The molecule has 0 spiro atoms. The molecule has 0 bridgehead atoms. The van der Waals surface area contributed by atoms with Crippen LogP contribution < -0.4 is 19.7 Å². The van der Waals surface area contributed by atoms with E-state index in [1.165, 1.54) is 29.2 Å². The molecule has 1 aliphatic carbocycles. The number of rotatable bonds is 6. The number of fused-ring (bicyclic) bond motifs is 1. The molecule has 1 atom stereocenters. The molecule has 1 heterocycles. The molecule has 1 fully saturated rings. The van der Waals surface area contributed by atoms with E-state index in [0.717, 1.165) is 25.7 Å². The highest BCUT2D eigenvalue weighted by Crippen LogP contribution is 2.35. The number of benzene rings is 3. The van der Waals surface area contributed by atoms with Crippen LogP contribution in [0.3, 0.4) is 0 Å². The molecular weight excluding hydrogens is 483 g/mol. The number of amides is 2. The zero-order chi connectivity index (χ0) is 25.1. The number of halogens is 2. The lowest BCUT2D eigenvalue weighted by atomic mass is 10.0. The maximum atomic E-state index is 14.1. The van der Waals surface area contributed by atoms with Crippen molar-refractivity contribution in [1.82, 2.24) is 5.32 Å². The molecular formula is C28H26ClFN2O4. The Labute approximate surface area is 214 Å². The molecule has 2 amide bonds. The predicted molar refractivity (Wildman–Crippen MR) is 135 cm³/mol. The van der Waals surface area contributed by atoms with Gasteiger partial charge < -0.3 is 14.8 Å². The zero-order valence-corrected chi connectivity index (χ0v) is 20.3. The van der Waals surface area contributed by atoms with Gasteiger partial charge in [-0.1, -0.05) is 42.6 Å². The van der Waals surface area contributed by atoms with Crippen molar-refractivity contribution in [2.24, 2.45) is 0 Å². The van der Waals surface area contributed by atoms with Crippen LogP contribution in [-0.2, 0) is 4.79 Å². The molecule has 3 aromatic carbocycles. The van der Waals surface area contributed by atoms with Crippen molar-refractivity contribution < 1.29 is 23.5 Å². The lowest BCUT2D eigenvalue weighted by Gasteiger charge is -2.33. The van der Waals surface area contributed by atoms with Crippen LogP contribution in [-0.4, -0.2) is 31.1 Å². The normalized spacial score (nSPS) is 15.8. The van der Waals surface area contributed by atoms with Gasteiger partial charge in [0.1, 0.15) is 25.1 Å². The van der Waals surface area contributed by atoms with E-state index in [4.69, 9.17) is 21.1 Å². The minimum Gasteiger partial charge on any atom is -0.486 e.